The topological polar surface area (TPSA) is 49.4 Å². The predicted octanol–water partition coefficient (Wildman–Crippen LogP) is 3.11. The first-order valence-corrected chi connectivity index (χ1v) is 9.93. The summed E-state index contributed by atoms with van der Waals surface area (Å²) in [5, 5.41) is 3.35. The van der Waals surface area contributed by atoms with Crippen LogP contribution in [0.2, 0.25) is 0 Å². The zero-order valence-electron chi connectivity index (χ0n) is 15.3. The quantitative estimate of drug-likeness (QED) is 0.828. The monoisotopic (exact) mass is 352 g/mol. The smallest absolute Gasteiger partial charge is 0.225 e. The van der Waals surface area contributed by atoms with Gasteiger partial charge in [0, 0.05) is 31.5 Å². The van der Waals surface area contributed by atoms with Crippen LogP contribution in [0.25, 0.3) is 0 Å². The van der Waals surface area contributed by atoms with Crippen molar-refractivity contribution < 1.29 is 9.59 Å². The van der Waals surface area contributed by atoms with E-state index in [4.69, 9.17) is 0 Å². The molecule has 3 fully saturated rings. The molecule has 5 atom stereocenters. The highest BCUT2D eigenvalue weighted by molar-refractivity contribution is 5.89. The number of carbonyl (C=O) groups is 2. The fourth-order valence-corrected chi connectivity index (χ4v) is 5.36. The number of nitrogens with one attached hydrogen (secondary N) is 1. The number of amides is 2. The molecule has 0 bridgehead atoms. The average Bonchev–Trinajstić information content (AvgIpc) is 3.02. The van der Waals surface area contributed by atoms with Crippen LogP contribution in [0.1, 0.15) is 43.6 Å². The van der Waals surface area contributed by atoms with E-state index < -0.39 is 0 Å². The minimum atomic E-state index is -0.221. The first-order chi connectivity index (χ1) is 12.7. The minimum absolute atomic E-state index is 0.0554. The van der Waals surface area contributed by atoms with Crippen LogP contribution in [0.5, 0.6) is 0 Å². The average molecular weight is 352 g/mol. The van der Waals surface area contributed by atoms with E-state index in [1.54, 1.807) is 11.0 Å². The largest absolute Gasteiger partial charge is 0.352 e. The van der Waals surface area contributed by atoms with Crippen LogP contribution in [-0.2, 0) is 9.59 Å². The van der Waals surface area contributed by atoms with Crippen LogP contribution in [0.3, 0.4) is 0 Å². The lowest BCUT2D eigenvalue weighted by Crippen LogP contribution is -2.60. The second-order valence-corrected chi connectivity index (χ2v) is 8.07. The third-order valence-corrected chi connectivity index (χ3v) is 6.61. The number of fused-ring (bicyclic) bond motifs is 1. The molecule has 0 spiro atoms. The summed E-state index contributed by atoms with van der Waals surface area (Å²) >= 11 is 0. The zero-order valence-corrected chi connectivity index (χ0v) is 15.3. The Morgan fingerprint density at radius 2 is 1.92 bits per heavy atom. The molecular weight excluding hydrogens is 324 g/mol. The van der Waals surface area contributed by atoms with Gasteiger partial charge in [-0.1, -0.05) is 49.2 Å². The highest BCUT2D eigenvalue weighted by Gasteiger charge is 2.52. The molecule has 4 heteroatoms. The molecule has 4 rings (SSSR count). The van der Waals surface area contributed by atoms with Crippen LogP contribution in [0, 0.1) is 17.8 Å². The van der Waals surface area contributed by atoms with Crippen molar-refractivity contribution in [1.29, 1.82) is 0 Å². The van der Waals surface area contributed by atoms with Crippen molar-refractivity contribution in [3.05, 3.63) is 48.6 Å². The van der Waals surface area contributed by atoms with E-state index in [2.05, 4.69) is 36.2 Å². The summed E-state index contributed by atoms with van der Waals surface area (Å²) < 4.78 is 0. The Hall–Kier alpha value is -2.10. The van der Waals surface area contributed by atoms with Crippen molar-refractivity contribution >= 4 is 11.8 Å². The molecular formula is C22H28N2O2. The number of rotatable bonds is 5. The highest BCUT2D eigenvalue weighted by Crippen LogP contribution is 2.54. The maximum atomic E-state index is 12.9. The number of carbonyl (C=O) groups excluding carboxylic acids is 2. The maximum absolute atomic E-state index is 12.9. The van der Waals surface area contributed by atoms with Gasteiger partial charge in [-0.25, -0.2) is 0 Å². The van der Waals surface area contributed by atoms with Crippen LogP contribution in [0.4, 0.5) is 0 Å². The van der Waals surface area contributed by atoms with E-state index in [1.807, 2.05) is 6.07 Å². The molecule has 3 aliphatic rings. The fourth-order valence-electron chi connectivity index (χ4n) is 5.36. The van der Waals surface area contributed by atoms with Gasteiger partial charge in [-0.2, -0.15) is 0 Å². The van der Waals surface area contributed by atoms with Gasteiger partial charge in [-0.05, 0) is 30.2 Å². The maximum Gasteiger partial charge on any atom is 0.225 e. The molecule has 4 nitrogen and oxygen atoms in total. The van der Waals surface area contributed by atoms with Crippen molar-refractivity contribution in [1.82, 2.24) is 10.2 Å². The SMILES string of the molecule is C=CCN1C[C@H](C(=O)N[C@@H]2[C@@H]3CCCC[C@@H]3[C@H]2c2ccccc2)CC1=O. The standard InChI is InChI=1S/C22H28N2O2/c1-2-12-24-14-16(13-19(24)25)22(26)23-21-18-11-7-6-10-17(18)20(21)15-8-4-3-5-9-15/h2-5,8-9,16-18,20-21H,1,6-7,10-14H2,(H,23,26)/t16-,17+,18-,20-,21-/m1/s1. The van der Waals surface area contributed by atoms with Gasteiger partial charge >= 0.3 is 0 Å². The summed E-state index contributed by atoms with van der Waals surface area (Å²) in [6.45, 7) is 4.75. The van der Waals surface area contributed by atoms with Gasteiger partial charge in [0.2, 0.25) is 11.8 Å². The molecule has 138 valence electrons. The lowest BCUT2D eigenvalue weighted by molar-refractivity contribution is -0.130. The summed E-state index contributed by atoms with van der Waals surface area (Å²) in [5.74, 6) is 1.61. The molecule has 1 aromatic carbocycles. The second kappa shape index (κ2) is 7.26. The predicted molar refractivity (Wildman–Crippen MR) is 101 cm³/mol. The van der Waals surface area contributed by atoms with E-state index in [-0.39, 0.29) is 23.8 Å². The van der Waals surface area contributed by atoms with E-state index in [9.17, 15) is 9.59 Å². The molecule has 26 heavy (non-hydrogen) atoms. The van der Waals surface area contributed by atoms with E-state index >= 15 is 0 Å². The Labute approximate surface area is 155 Å². The van der Waals surface area contributed by atoms with Gasteiger partial charge in [0.1, 0.15) is 0 Å². The molecule has 0 unspecified atom stereocenters. The van der Waals surface area contributed by atoms with Crippen LogP contribution in [0.15, 0.2) is 43.0 Å². The van der Waals surface area contributed by atoms with Gasteiger partial charge in [-0.3, -0.25) is 9.59 Å². The normalized spacial score (nSPS) is 33.3. The first kappa shape index (κ1) is 17.3. The molecule has 1 heterocycles. The van der Waals surface area contributed by atoms with E-state index in [1.165, 1.54) is 31.2 Å². The summed E-state index contributed by atoms with van der Waals surface area (Å²) in [6.07, 6.45) is 7.11. The van der Waals surface area contributed by atoms with Crippen molar-refractivity contribution in [3.63, 3.8) is 0 Å². The van der Waals surface area contributed by atoms with Crippen LogP contribution < -0.4 is 5.32 Å². The Morgan fingerprint density at radius 1 is 1.19 bits per heavy atom. The number of benzene rings is 1. The van der Waals surface area contributed by atoms with Gasteiger partial charge < -0.3 is 10.2 Å². The van der Waals surface area contributed by atoms with Gasteiger partial charge in [0.15, 0.2) is 0 Å². The Kier molecular flexibility index (Phi) is 4.84. The molecule has 1 saturated heterocycles. The molecule has 0 radical (unpaired) electrons. The lowest BCUT2D eigenvalue weighted by Gasteiger charge is -2.55. The second-order valence-electron chi connectivity index (χ2n) is 8.07. The van der Waals surface area contributed by atoms with E-state index in [0.717, 1.165) is 0 Å². The number of likely N-dealkylation sites (tertiary alicyclic amines) is 1. The molecule has 2 saturated carbocycles. The zero-order chi connectivity index (χ0) is 18.1. The Balaban J connectivity index is 1.46. The molecule has 2 amide bonds. The van der Waals surface area contributed by atoms with Crippen molar-refractivity contribution in [2.45, 2.75) is 44.1 Å². The molecule has 0 aromatic heterocycles. The number of hydrogen-bond donors (Lipinski definition) is 1. The molecule has 1 aromatic rings. The molecule has 1 aliphatic heterocycles. The lowest BCUT2D eigenvalue weighted by atomic mass is 9.53. The van der Waals surface area contributed by atoms with Gasteiger partial charge in [0.25, 0.3) is 0 Å². The number of hydrogen-bond acceptors (Lipinski definition) is 2. The van der Waals surface area contributed by atoms with Crippen molar-refractivity contribution in [2.24, 2.45) is 17.8 Å². The summed E-state index contributed by atoms with van der Waals surface area (Å²) in [5.41, 5.74) is 1.34. The van der Waals surface area contributed by atoms with Crippen molar-refractivity contribution in [2.75, 3.05) is 13.1 Å². The highest BCUT2D eigenvalue weighted by atomic mass is 16.2. The summed E-state index contributed by atoms with van der Waals surface area (Å²) in [7, 11) is 0. The fraction of sp³-hybridized carbons (Fsp3) is 0.545. The van der Waals surface area contributed by atoms with Crippen LogP contribution >= 0.6 is 0 Å². The summed E-state index contributed by atoms with van der Waals surface area (Å²) in [4.78, 5) is 26.7. The van der Waals surface area contributed by atoms with Gasteiger partial charge in [0.05, 0.1) is 5.92 Å². The van der Waals surface area contributed by atoms with Crippen LogP contribution in [-0.4, -0.2) is 35.8 Å². The van der Waals surface area contributed by atoms with Crippen molar-refractivity contribution in [3.8, 4) is 0 Å². The Morgan fingerprint density at radius 3 is 2.65 bits per heavy atom. The molecule has 1 N–H and O–H groups in total. The van der Waals surface area contributed by atoms with Gasteiger partial charge in [-0.15, -0.1) is 6.58 Å². The first-order valence-electron chi connectivity index (χ1n) is 9.93. The number of nitrogens with zero attached hydrogens (tertiary/aromatic N) is 1. The minimum Gasteiger partial charge on any atom is -0.352 e. The third kappa shape index (κ3) is 3.06. The Bertz CT molecular complexity index is 687. The summed E-state index contributed by atoms with van der Waals surface area (Å²) in [6, 6.07) is 10.8. The third-order valence-electron chi connectivity index (χ3n) is 6.61. The molecule has 2 aliphatic carbocycles. The van der Waals surface area contributed by atoms with E-state index in [0.29, 0.717) is 37.3 Å².